The third-order valence-electron chi connectivity index (χ3n) is 4.03. The molecule has 1 heterocycles. The molecule has 5 nitrogen and oxygen atoms in total. The summed E-state index contributed by atoms with van der Waals surface area (Å²) in [6.45, 7) is 2.38. The third kappa shape index (κ3) is 4.18. The van der Waals surface area contributed by atoms with E-state index in [1.807, 2.05) is 0 Å². The summed E-state index contributed by atoms with van der Waals surface area (Å²) in [6, 6.07) is 3.03. The smallest absolute Gasteiger partial charge is 0.311 e. The van der Waals surface area contributed by atoms with E-state index >= 15 is 0 Å². The summed E-state index contributed by atoms with van der Waals surface area (Å²) >= 11 is 0. The highest BCUT2D eigenvalue weighted by molar-refractivity contribution is 5.80. The minimum atomic E-state index is -0.900. The first-order valence-corrected chi connectivity index (χ1v) is 7.41. The second kappa shape index (κ2) is 6.93. The number of rotatable bonds is 6. The van der Waals surface area contributed by atoms with E-state index in [1.54, 1.807) is 6.92 Å². The SMILES string of the molecule is C[C@@]1(C(=O)O)CCN(C(=O)CCCOc2ccc(F)cc2F)C1. The molecule has 1 amide bonds. The van der Waals surface area contributed by atoms with Gasteiger partial charge < -0.3 is 14.7 Å². The largest absolute Gasteiger partial charge is 0.491 e. The molecule has 1 saturated heterocycles. The maximum atomic E-state index is 13.3. The molecule has 1 aromatic carbocycles. The van der Waals surface area contributed by atoms with E-state index in [0.29, 0.717) is 19.4 Å². The number of likely N-dealkylation sites (tertiary alicyclic amines) is 1. The van der Waals surface area contributed by atoms with Crippen LogP contribution in [0.2, 0.25) is 0 Å². The zero-order chi connectivity index (χ0) is 17.0. The van der Waals surface area contributed by atoms with Gasteiger partial charge in [-0.05, 0) is 31.9 Å². The molecule has 1 aromatic rings. The summed E-state index contributed by atoms with van der Waals surface area (Å²) in [5.74, 6) is -2.56. The van der Waals surface area contributed by atoms with Crippen molar-refractivity contribution in [3.8, 4) is 5.75 Å². The molecule has 1 atom stereocenters. The number of nitrogens with zero attached hydrogens (tertiary/aromatic N) is 1. The van der Waals surface area contributed by atoms with Gasteiger partial charge in [-0.3, -0.25) is 9.59 Å². The fraction of sp³-hybridized carbons (Fsp3) is 0.500. The van der Waals surface area contributed by atoms with Crippen LogP contribution in [0.3, 0.4) is 0 Å². The molecule has 2 rings (SSSR count). The van der Waals surface area contributed by atoms with Crippen molar-refractivity contribution in [3.63, 3.8) is 0 Å². The first kappa shape index (κ1) is 17.2. The Bertz CT molecular complexity index is 608. The van der Waals surface area contributed by atoms with Gasteiger partial charge in [-0.25, -0.2) is 8.78 Å². The van der Waals surface area contributed by atoms with Crippen LogP contribution in [0.1, 0.15) is 26.2 Å². The van der Waals surface area contributed by atoms with E-state index in [0.717, 1.165) is 12.1 Å². The topological polar surface area (TPSA) is 66.8 Å². The Balaban J connectivity index is 1.74. The molecular weight excluding hydrogens is 308 g/mol. The highest BCUT2D eigenvalue weighted by atomic mass is 19.1. The Morgan fingerprint density at radius 1 is 1.39 bits per heavy atom. The van der Waals surface area contributed by atoms with Crippen molar-refractivity contribution in [1.29, 1.82) is 0 Å². The molecule has 0 saturated carbocycles. The molecular formula is C16H19F2NO4. The molecule has 0 radical (unpaired) electrons. The molecule has 0 aliphatic carbocycles. The molecule has 1 fully saturated rings. The summed E-state index contributed by atoms with van der Waals surface area (Å²) < 4.78 is 31.3. The quantitative estimate of drug-likeness (QED) is 0.815. The molecule has 126 valence electrons. The molecule has 23 heavy (non-hydrogen) atoms. The second-order valence-electron chi connectivity index (χ2n) is 5.96. The molecule has 0 bridgehead atoms. The van der Waals surface area contributed by atoms with Gasteiger partial charge in [0.1, 0.15) is 5.82 Å². The van der Waals surface area contributed by atoms with Crippen molar-refractivity contribution in [2.45, 2.75) is 26.2 Å². The number of aliphatic carboxylic acids is 1. The van der Waals surface area contributed by atoms with Gasteiger partial charge in [0, 0.05) is 25.6 Å². The highest BCUT2D eigenvalue weighted by Gasteiger charge is 2.41. The van der Waals surface area contributed by atoms with Crippen LogP contribution in [0.25, 0.3) is 0 Å². The van der Waals surface area contributed by atoms with Crippen LogP contribution in [0.5, 0.6) is 5.75 Å². The van der Waals surface area contributed by atoms with E-state index in [9.17, 15) is 18.4 Å². The fourth-order valence-electron chi connectivity index (χ4n) is 2.50. The lowest BCUT2D eigenvalue weighted by Crippen LogP contribution is -2.34. The Hall–Kier alpha value is -2.18. The van der Waals surface area contributed by atoms with Crippen LogP contribution in [0, 0.1) is 17.0 Å². The highest BCUT2D eigenvalue weighted by Crippen LogP contribution is 2.30. The van der Waals surface area contributed by atoms with E-state index in [2.05, 4.69) is 0 Å². The minimum Gasteiger partial charge on any atom is -0.491 e. The monoisotopic (exact) mass is 327 g/mol. The minimum absolute atomic E-state index is 0.0570. The number of hydrogen-bond acceptors (Lipinski definition) is 3. The summed E-state index contributed by atoms with van der Waals surface area (Å²) in [5.41, 5.74) is -0.886. The van der Waals surface area contributed by atoms with Crippen molar-refractivity contribution in [2.75, 3.05) is 19.7 Å². The number of carbonyl (C=O) groups excluding carboxylic acids is 1. The van der Waals surface area contributed by atoms with Crippen molar-refractivity contribution >= 4 is 11.9 Å². The van der Waals surface area contributed by atoms with Gasteiger partial charge in [-0.15, -0.1) is 0 Å². The zero-order valence-corrected chi connectivity index (χ0v) is 12.8. The number of benzene rings is 1. The van der Waals surface area contributed by atoms with Crippen molar-refractivity contribution in [1.82, 2.24) is 4.90 Å². The molecule has 7 heteroatoms. The van der Waals surface area contributed by atoms with Gasteiger partial charge in [-0.1, -0.05) is 0 Å². The predicted molar refractivity (Wildman–Crippen MR) is 78.0 cm³/mol. The third-order valence-corrected chi connectivity index (χ3v) is 4.03. The second-order valence-corrected chi connectivity index (χ2v) is 5.96. The summed E-state index contributed by atoms with van der Waals surface area (Å²) in [5, 5.41) is 9.14. The van der Waals surface area contributed by atoms with Crippen LogP contribution in [-0.2, 0) is 9.59 Å². The number of carboxylic acid groups (broad SMARTS) is 1. The van der Waals surface area contributed by atoms with E-state index in [4.69, 9.17) is 9.84 Å². The van der Waals surface area contributed by atoms with Crippen LogP contribution in [0.15, 0.2) is 18.2 Å². The van der Waals surface area contributed by atoms with Gasteiger partial charge in [-0.2, -0.15) is 0 Å². The van der Waals surface area contributed by atoms with Gasteiger partial charge >= 0.3 is 5.97 Å². The van der Waals surface area contributed by atoms with Crippen molar-refractivity contribution < 1.29 is 28.2 Å². The van der Waals surface area contributed by atoms with Crippen LogP contribution in [0.4, 0.5) is 8.78 Å². The lowest BCUT2D eigenvalue weighted by Gasteiger charge is -2.20. The van der Waals surface area contributed by atoms with Crippen LogP contribution in [-0.4, -0.2) is 41.6 Å². The average Bonchev–Trinajstić information content (AvgIpc) is 2.89. The maximum absolute atomic E-state index is 13.3. The normalized spacial score (nSPS) is 20.6. The molecule has 0 aromatic heterocycles. The Kier molecular flexibility index (Phi) is 5.18. The Labute approximate surface area is 132 Å². The van der Waals surface area contributed by atoms with E-state index in [1.165, 1.54) is 11.0 Å². The molecule has 1 N–H and O–H groups in total. The number of carboxylic acids is 1. The van der Waals surface area contributed by atoms with Crippen LogP contribution < -0.4 is 4.74 Å². The maximum Gasteiger partial charge on any atom is 0.311 e. The average molecular weight is 327 g/mol. The molecule has 0 unspecified atom stereocenters. The fourth-order valence-corrected chi connectivity index (χ4v) is 2.50. The zero-order valence-electron chi connectivity index (χ0n) is 12.8. The predicted octanol–water partition coefficient (Wildman–Crippen LogP) is 2.45. The van der Waals surface area contributed by atoms with Gasteiger partial charge in [0.15, 0.2) is 11.6 Å². The standard InChI is InChI=1S/C16H19F2NO4/c1-16(15(21)22)6-7-19(10-16)14(20)3-2-8-23-13-5-4-11(17)9-12(13)18/h4-5,9H,2-3,6-8,10H2,1H3,(H,21,22)/t16-/m1/s1. The molecule has 1 aliphatic heterocycles. The van der Waals surface area contributed by atoms with E-state index in [-0.39, 0.29) is 31.2 Å². The molecule has 1 aliphatic rings. The number of carbonyl (C=O) groups is 2. The van der Waals surface area contributed by atoms with E-state index < -0.39 is 23.0 Å². The summed E-state index contributed by atoms with van der Waals surface area (Å²) in [6.07, 6.45) is 1.000. The van der Waals surface area contributed by atoms with Crippen LogP contribution >= 0.6 is 0 Å². The lowest BCUT2D eigenvalue weighted by molar-refractivity contribution is -0.147. The number of amides is 1. The Morgan fingerprint density at radius 3 is 2.74 bits per heavy atom. The van der Waals surface area contributed by atoms with Crippen molar-refractivity contribution in [3.05, 3.63) is 29.8 Å². The van der Waals surface area contributed by atoms with Crippen molar-refractivity contribution in [2.24, 2.45) is 5.41 Å². The first-order valence-electron chi connectivity index (χ1n) is 7.41. The summed E-state index contributed by atoms with van der Waals surface area (Å²) in [4.78, 5) is 24.7. The number of ether oxygens (including phenoxy) is 1. The van der Waals surface area contributed by atoms with Gasteiger partial charge in [0.2, 0.25) is 5.91 Å². The van der Waals surface area contributed by atoms with Gasteiger partial charge in [0.05, 0.1) is 12.0 Å². The molecule has 0 spiro atoms. The number of halogens is 2. The first-order chi connectivity index (χ1) is 10.8. The van der Waals surface area contributed by atoms with Gasteiger partial charge in [0.25, 0.3) is 0 Å². The lowest BCUT2D eigenvalue weighted by atomic mass is 9.90. The summed E-state index contributed by atoms with van der Waals surface area (Å²) in [7, 11) is 0. The number of hydrogen-bond donors (Lipinski definition) is 1. The Morgan fingerprint density at radius 2 is 2.13 bits per heavy atom.